The highest BCUT2D eigenvalue weighted by molar-refractivity contribution is 8.07. The Balaban J connectivity index is 1.13. The summed E-state index contributed by atoms with van der Waals surface area (Å²) in [6.45, 7) is 4.56. The van der Waals surface area contributed by atoms with Crippen LogP contribution >= 0.6 is 15.3 Å². The number of fused-ring (bicyclic) bond motifs is 5. The first-order valence-electron chi connectivity index (χ1n) is 20.3. The van der Waals surface area contributed by atoms with Gasteiger partial charge in [0.05, 0.1) is 57.7 Å². The number of hydrogen-bond acceptors (Lipinski definition) is 19. The largest absolute Gasteiger partial charge is 0.396 e. The number of alkyl halides is 1. The molecule has 4 aromatic heterocycles. The average Bonchev–Trinajstić information content (AvgIpc) is 4.08. The quantitative estimate of drug-likeness (QED) is 0.0743. The number of aliphatic hydroxyl groups excluding tert-OH is 1. The van der Waals surface area contributed by atoms with Crippen molar-refractivity contribution in [2.24, 2.45) is 11.8 Å². The normalized spacial score (nSPS) is 27.9. The predicted octanol–water partition coefficient (Wildman–Crippen LogP) is 3.68. The van der Waals surface area contributed by atoms with E-state index in [0.717, 1.165) is 0 Å². The van der Waals surface area contributed by atoms with Crippen LogP contribution in [0.15, 0.2) is 54.1 Å². The molecule has 0 spiro atoms. The molecule has 10 atom stereocenters. The van der Waals surface area contributed by atoms with E-state index in [-0.39, 0.29) is 66.9 Å². The standard InChI is InChI=1S/C38H41FN12O12P2S/c1-20(2)33(53)48-38-47-32-27(35(55)49-38)45-19-51(32)37-28-22(14-52)23(60-37)15-57-64(56-13-11-41-3)62-29-24(16-59-65(66,63-28)58-12-7-10-40)61-36(25(29)39)50-18-44-26-30(42-17-43-31(26)50)46-34(54)21-8-5-4-6-9-21/h4-6,8-9,17-20,22-25,28-29,36-37,52H,7,11-16H2,1-2H3,(H,42,43,46,54)(H2,47,48,49,53,55)/t22-,23?,24+,25-,28-,29-,36?,37+,64?,65?/m0/s1. The lowest BCUT2D eigenvalue weighted by molar-refractivity contribution is -0.118. The van der Waals surface area contributed by atoms with Crippen LogP contribution in [-0.4, -0.2) is 126 Å². The van der Waals surface area contributed by atoms with Gasteiger partial charge in [0.15, 0.2) is 46.8 Å². The minimum Gasteiger partial charge on any atom is -0.396 e. The van der Waals surface area contributed by atoms with Gasteiger partial charge in [0.1, 0.15) is 31.2 Å². The molecule has 4 N–H and O–H groups in total. The van der Waals surface area contributed by atoms with Gasteiger partial charge in [-0.15, -0.1) is 0 Å². The smallest absolute Gasteiger partial charge is 0.333 e. The van der Waals surface area contributed by atoms with E-state index in [1.165, 1.54) is 28.1 Å². The number of rotatable bonds is 13. The molecule has 4 unspecified atom stereocenters. The number of H-pyrrole nitrogens is 1. The SMILES string of the molecule is [C-]#[N+]CCOP1OCC2O[C@@H](n3cnc4c(=O)[nH]c(NC(=O)C(C)C)nc43)[C@@H](OP(=S)(OCCC#N)OC[C@H]3OC(n4cnc5c(NC(=O)c6ccccc6)ncnc54)[C@@H](F)[C@H]3O1)[C@H]2CO. The molecule has 8 rings (SSSR count). The van der Waals surface area contributed by atoms with E-state index in [1.807, 2.05) is 6.07 Å². The Labute approximate surface area is 380 Å². The Morgan fingerprint density at radius 3 is 2.58 bits per heavy atom. The minimum absolute atomic E-state index is 0.0336. The van der Waals surface area contributed by atoms with Gasteiger partial charge in [0.25, 0.3) is 11.5 Å². The molecule has 348 valence electrons. The first-order chi connectivity index (χ1) is 31.9. The summed E-state index contributed by atoms with van der Waals surface area (Å²) < 4.78 is 69.5. The maximum atomic E-state index is 17.1. The third-order valence-corrected chi connectivity index (χ3v) is 13.9. The highest BCUT2D eigenvalue weighted by Crippen LogP contribution is 2.57. The van der Waals surface area contributed by atoms with Gasteiger partial charge in [-0.3, -0.25) is 33.8 Å². The molecule has 7 heterocycles. The summed E-state index contributed by atoms with van der Waals surface area (Å²) in [5.74, 6) is -2.41. The van der Waals surface area contributed by atoms with Crippen LogP contribution in [0.25, 0.3) is 27.2 Å². The van der Waals surface area contributed by atoms with Crippen LogP contribution in [0.2, 0.25) is 0 Å². The number of aromatic amines is 1. The summed E-state index contributed by atoms with van der Waals surface area (Å²) in [7, 11) is -2.50. The van der Waals surface area contributed by atoms with Crippen LogP contribution in [0, 0.1) is 29.7 Å². The molecule has 3 fully saturated rings. The van der Waals surface area contributed by atoms with Crippen molar-refractivity contribution in [2.45, 2.75) is 63.3 Å². The number of halogens is 1. The third kappa shape index (κ3) is 10.0. The molecule has 5 aromatic rings. The van der Waals surface area contributed by atoms with Crippen molar-refractivity contribution in [3.05, 3.63) is 76.6 Å². The van der Waals surface area contributed by atoms with Gasteiger partial charge in [-0.2, -0.15) is 10.2 Å². The number of benzene rings is 1. The van der Waals surface area contributed by atoms with Gasteiger partial charge in [0, 0.05) is 17.4 Å². The fraction of sp³-hybridized carbons (Fsp3) is 0.474. The summed E-state index contributed by atoms with van der Waals surface area (Å²) >= 11 is 5.94. The van der Waals surface area contributed by atoms with E-state index in [1.54, 1.807) is 44.2 Å². The summed E-state index contributed by atoms with van der Waals surface area (Å²) in [6.07, 6.45) is -6.27. The number of aliphatic hydroxyl groups is 1. The van der Waals surface area contributed by atoms with Crippen LogP contribution in [0.1, 0.15) is 43.1 Å². The van der Waals surface area contributed by atoms with Gasteiger partial charge >= 0.3 is 15.3 Å². The lowest BCUT2D eigenvalue weighted by atomic mass is 9.99. The van der Waals surface area contributed by atoms with Gasteiger partial charge in [-0.05, 0) is 23.9 Å². The molecule has 0 saturated carbocycles. The molecule has 2 bridgehead atoms. The monoisotopic (exact) mass is 970 g/mol. The fourth-order valence-electron chi connectivity index (χ4n) is 7.14. The molecule has 0 radical (unpaired) electrons. The molecule has 66 heavy (non-hydrogen) atoms. The Kier molecular flexibility index (Phi) is 14.8. The molecule has 3 aliphatic rings. The number of ether oxygens (including phenoxy) is 2. The third-order valence-electron chi connectivity index (χ3n) is 10.4. The zero-order valence-electron chi connectivity index (χ0n) is 34.9. The van der Waals surface area contributed by atoms with Gasteiger partial charge in [-0.25, -0.2) is 30.9 Å². The van der Waals surface area contributed by atoms with Crippen molar-refractivity contribution in [3.63, 3.8) is 0 Å². The number of amides is 2. The molecule has 1 aromatic carbocycles. The topological polar surface area (TPSA) is 288 Å². The lowest BCUT2D eigenvalue weighted by Gasteiger charge is -2.30. The highest BCUT2D eigenvalue weighted by atomic mass is 32.5. The Morgan fingerprint density at radius 1 is 1.08 bits per heavy atom. The predicted molar refractivity (Wildman–Crippen MR) is 231 cm³/mol. The summed E-state index contributed by atoms with van der Waals surface area (Å²) in [4.78, 5) is 66.1. The molecule has 3 aliphatic heterocycles. The van der Waals surface area contributed by atoms with Crippen molar-refractivity contribution in [3.8, 4) is 6.07 Å². The molecule has 2 amide bonds. The van der Waals surface area contributed by atoms with Crippen molar-refractivity contribution >= 4 is 73.0 Å². The zero-order chi connectivity index (χ0) is 46.5. The highest BCUT2D eigenvalue weighted by Gasteiger charge is 2.53. The van der Waals surface area contributed by atoms with Gasteiger partial charge < -0.3 is 51.9 Å². The van der Waals surface area contributed by atoms with E-state index in [0.29, 0.717) is 5.56 Å². The number of hydrogen-bond donors (Lipinski definition) is 4. The van der Waals surface area contributed by atoms with Crippen LogP contribution in [0.4, 0.5) is 16.2 Å². The number of carbonyl (C=O) groups excluding carboxylic acids is 2. The van der Waals surface area contributed by atoms with E-state index < -0.39 is 101 Å². The fourth-order valence-corrected chi connectivity index (χ4v) is 10.4. The minimum atomic E-state index is -4.05. The van der Waals surface area contributed by atoms with Gasteiger partial charge in [-0.1, -0.05) is 32.0 Å². The Morgan fingerprint density at radius 2 is 1.83 bits per heavy atom. The van der Waals surface area contributed by atoms with E-state index in [2.05, 4.69) is 45.4 Å². The molecule has 0 aliphatic carbocycles. The number of nitrogens with zero attached hydrogens (tertiary/aromatic N) is 9. The number of nitrogens with one attached hydrogen (secondary N) is 3. The second-order valence-corrected chi connectivity index (χ2v) is 19.2. The number of nitriles is 1. The number of carbonyl (C=O) groups is 2. The van der Waals surface area contributed by atoms with E-state index in [9.17, 15) is 24.8 Å². The summed E-state index contributed by atoms with van der Waals surface area (Å²) in [5, 5.41) is 25.6. The molecule has 24 nitrogen and oxygen atoms in total. The van der Waals surface area contributed by atoms with Crippen LogP contribution < -0.4 is 16.2 Å². The first-order valence-corrected chi connectivity index (χ1v) is 23.9. The van der Waals surface area contributed by atoms with Crippen molar-refractivity contribution in [1.29, 1.82) is 5.26 Å². The molecular weight excluding hydrogens is 930 g/mol. The number of anilines is 2. The summed E-state index contributed by atoms with van der Waals surface area (Å²) in [6, 6.07) is 10.4. The second kappa shape index (κ2) is 20.7. The van der Waals surface area contributed by atoms with E-state index >= 15 is 4.39 Å². The van der Waals surface area contributed by atoms with Crippen LogP contribution in [0.5, 0.6) is 0 Å². The van der Waals surface area contributed by atoms with Gasteiger partial charge in [0.2, 0.25) is 18.4 Å². The Hall–Kier alpha value is -5.31. The van der Waals surface area contributed by atoms with Crippen molar-refractivity contribution < 1.29 is 55.7 Å². The average molecular weight is 971 g/mol. The lowest BCUT2D eigenvalue weighted by Crippen LogP contribution is -2.34. The van der Waals surface area contributed by atoms with Crippen LogP contribution in [0.3, 0.4) is 0 Å². The van der Waals surface area contributed by atoms with Crippen molar-refractivity contribution in [1.82, 2.24) is 39.0 Å². The number of imidazole rings is 2. The maximum Gasteiger partial charge on any atom is 0.333 e. The first kappa shape index (κ1) is 47.2. The van der Waals surface area contributed by atoms with E-state index in [4.69, 9.17) is 55.0 Å². The molecule has 28 heteroatoms. The number of aromatic nitrogens is 8. The van der Waals surface area contributed by atoms with Crippen LogP contribution in [-0.2, 0) is 53.2 Å². The van der Waals surface area contributed by atoms with Crippen molar-refractivity contribution in [2.75, 3.05) is 50.2 Å². The zero-order valence-corrected chi connectivity index (χ0v) is 37.5. The molecule has 3 saturated heterocycles. The Bertz CT molecular complexity index is 2760. The molecular formula is C38H41FN12O12P2S. The second-order valence-electron chi connectivity index (χ2n) is 15.0. The summed E-state index contributed by atoms with van der Waals surface area (Å²) in [5.41, 5.74) is -0.238. The maximum absolute atomic E-state index is 17.1.